The first kappa shape index (κ1) is 19.9. The number of nitrogens with zero attached hydrogens (tertiary/aromatic N) is 4. The van der Waals surface area contributed by atoms with E-state index in [4.69, 9.17) is 0 Å². The molecule has 2 aromatic heterocycles. The van der Waals surface area contributed by atoms with Gasteiger partial charge in [0.1, 0.15) is 12.1 Å². The summed E-state index contributed by atoms with van der Waals surface area (Å²) >= 11 is 0. The maximum Gasteiger partial charge on any atom is 0.353 e. The lowest BCUT2D eigenvalue weighted by Crippen LogP contribution is -2.60. The van der Waals surface area contributed by atoms with Crippen LogP contribution in [0.1, 0.15) is 46.1 Å². The molecule has 1 aliphatic heterocycles. The van der Waals surface area contributed by atoms with E-state index in [1.807, 2.05) is 13.0 Å². The Bertz CT molecular complexity index is 866. The highest BCUT2D eigenvalue weighted by atomic mass is 16.6. The van der Waals surface area contributed by atoms with Gasteiger partial charge in [-0.2, -0.15) is 0 Å². The number of nitro groups is 1. The molecule has 3 rings (SSSR count). The molecule has 150 valence electrons. The van der Waals surface area contributed by atoms with Gasteiger partial charge >= 0.3 is 5.69 Å². The zero-order valence-electron chi connectivity index (χ0n) is 16.9. The van der Waals surface area contributed by atoms with E-state index in [9.17, 15) is 10.1 Å². The van der Waals surface area contributed by atoms with E-state index in [-0.39, 0.29) is 34.4 Å². The fourth-order valence-corrected chi connectivity index (χ4v) is 4.09. The Labute approximate surface area is 164 Å². The second kappa shape index (κ2) is 7.31. The molecule has 3 N–H and O–H groups in total. The van der Waals surface area contributed by atoms with E-state index in [0.717, 1.165) is 18.4 Å². The zero-order chi connectivity index (χ0) is 20.5. The summed E-state index contributed by atoms with van der Waals surface area (Å²) in [4.78, 5) is 23.8. The highest BCUT2D eigenvalue weighted by Crippen LogP contribution is 2.35. The number of hydrogen-bond acceptors (Lipinski definition) is 8. The molecular weight excluding hydrogens is 358 g/mol. The van der Waals surface area contributed by atoms with E-state index in [1.54, 1.807) is 12.3 Å². The lowest BCUT2D eigenvalue weighted by atomic mass is 9.79. The first-order chi connectivity index (χ1) is 13.0. The lowest BCUT2D eigenvalue weighted by molar-refractivity contribution is -0.383. The van der Waals surface area contributed by atoms with Gasteiger partial charge in [-0.15, -0.1) is 0 Å². The highest BCUT2D eigenvalue weighted by molar-refractivity contribution is 5.73. The van der Waals surface area contributed by atoms with E-state index in [0.29, 0.717) is 5.82 Å². The van der Waals surface area contributed by atoms with Crippen molar-refractivity contribution in [2.75, 3.05) is 10.6 Å². The van der Waals surface area contributed by atoms with Gasteiger partial charge in [0, 0.05) is 23.3 Å². The molecule has 0 radical (unpaired) electrons. The standard InChI is InChI=1S/C19H27N7O2/c1-12-6-7-20-14(8-12)24-17-15(26(27)28)16(21-11-22-17)23-13-9-18(2,3)25-19(4,5)10-13/h6-8,11,13,25H,9-10H2,1-5H3,(H2,20,21,22,23,24). The molecule has 0 bridgehead atoms. The van der Waals surface area contributed by atoms with Crippen LogP contribution in [0.4, 0.5) is 23.1 Å². The number of nitrogens with one attached hydrogen (secondary N) is 3. The Hall–Kier alpha value is -2.81. The Morgan fingerprint density at radius 2 is 1.79 bits per heavy atom. The van der Waals surface area contributed by atoms with Gasteiger partial charge < -0.3 is 16.0 Å². The molecule has 2 aromatic rings. The van der Waals surface area contributed by atoms with Crippen molar-refractivity contribution < 1.29 is 4.92 Å². The van der Waals surface area contributed by atoms with Crippen LogP contribution in [0.25, 0.3) is 0 Å². The maximum atomic E-state index is 11.8. The van der Waals surface area contributed by atoms with Crippen molar-refractivity contribution in [3.05, 3.63) is 40.3 Å². The van der Waals surface area contributed by atoms with Crippen LogP contribution in [0.5, 0.6) is 0 Å². The Balaban J connectivity index is 1.90. The third kappa shape index (κ3) is 4.72. The maximum absolute atomic E-state index is 11.8. The lowest BCUT2D eigenvalue weighted by Gasteiger charge is -2.46. The number of rotatable bonds is 5. The number of aryl methyl sites for hydroxylation is 1. The summed E-state index contributed by atoms with van der Waals surface area (Å²) in [5.74, 6) is 0.832. The molecule has 9 nitrogen and oxygen atoms in total. The fourth-order valence-electron chi connectivity index (χ4n) is 4.09. The summed E-state index contributed by atoms with van der Waals surface area (Å²) in [7, 11) is 0. The molecule has 0 aromatic carbocycles. The van der Waals surface area contributed by atoms with Gasteiger partial charge in [0.25, 0.3) is 0 Å². The van der Waals surface area contributed by atoms with Gasteiger partial charge in [0.2, 0.25) is 11.6 Å². The van der Waals surface area contributed by atoms with Gasteiger partial charge in [0.05, 0.1) is 4.92 Å². The average Bonchev–Trinajstić information content (AvgIpc) is 2.51. The van der Waals surface area contributed by atoms with Crippen molar-refractivity contribution in [2.24, 2.45) is 0 Å². The van der Waals surface area contributed by atoms with Crippen molar-refractivity contribution >= 4 is 23.1 Å². The second-order valence-electron chi connectivity index (χ2n) is 8.66. The molecule has 0 amide bonds. The third-order valence-corrected chi connectivity index (χ3v) is 4.70. The fraction of sp³-hybridized carbons (Fsp3) is 0.526. The average molecular weight is 385 g/mol. The van der Waals surface area contributed by atoms with Crippen LogP contribution in [-0.4, -0.2) is 37.0 Å². The summed E-state index contributed by atoms with van der Waals surface area (Å²) < 4.78 is 0. The van der Waals surface area contributed by atoms with E-state index < -0.39 is 4.92 Å². The number of hydrogen-bond donors (Lipinski definition) is 3. The molecule has 9 heteroatoms. The Kier molecular flexibility index (Phi) is 5.20. The molecular formula is C19H27N7O2. The molecule has 0 unspecified atom stereocenters. The van der Waals surface area contributed by atoms with Crippen LogP contribution in [-0.2, 0) is 0 Å². The normalized spacial score (nSPS) is 18.5. The third-order valence-electron chi connectivity index (χ3n) is 4.70. The summed E-state index contributed by atoms with van der Waals surface area (Å²) in [6.07, 6.45) is 4.60. The van der Waals surface area contributed by atoms with Crippen molar-refractivity contribution in [1.82, 2.24) is 20.3 Å². The zero-order valence-corrected chi connectivity index (χ0v) is 16.9. The molecule has 1 saturated heterocycles. The minimum atomic E-state index is -0.460. The summed E-state index contributed by atoms with van der Waals surface area (Å²) in [5, 5.41) is 21.7. The van der Waals surface area contributed by atoms with Crippen molar-refractivity contribution in [3.63, 3.8) is 0 Å². The molecule has 0 atom stereocenters. The molecule has 1 aliphatic rings. The van der Waals surface area contributed by atoms with E-state index in [1.165, 1.54) is 6.33 Å². The van der Waals surface area contributed by atoms with Gasteiger partial charge in [-0.3, -0.25) is 10.1 Å². The largest absolute Gasteiger partial charge is 0.361 e. The predicted molar refractivity (Wildman–Crippen MR) is 109 cm³/mol. The summed E-state index contributed by atoms with van der Waals surface area (Å²) in [6.45, 7) is 10.5. The van der Waals surface area contributed by atoms with Crippen molar-refractivity contribution in [1.29, 1.82) is 0 Å². The Morgan fingerprint density at radius 1 is 1.14 bits per heavy atom. The Morgan fingerprint density at radius 3 is 2.39 bits per heavy atom. The SMILES string of the molecule is Cc1ccnc(Nc2ncnc(NC3CC(C)(C)NC(C)(C)C3)c2[N+](=O)[O-])c1. The molecule has 28 heavy (non-hydrogen) atoms. The minimum absolute atomic E-state index is 0.0461. The summed E-state index contributed by atoms with van der Waals surface area (Å²) in [6, 6.07) is 3.70. The van der Waals surface area contributed by atoms with Gasteiger partial charge in [-0.05, 0) is 65.2 Å². The number of anilines is 3. The summed E-state index contributed by atoms with van der Waals surface area (Å²) in [5.41, 5.74) is 0.633. The topological polar surface area (TPSA) is 118 Å². The number of aromatic nitrogens is 3. The van der Waals surface area contributed by atoms with E-state index in [2.05, 4.69) is 58.6 Å². The van der Waals surface area contributed by atoms with E-state index >= 15 is 0 Å². The van der Waals surface area contributed by atoms with Crippen LogP contribution in [0.2, 0.25) is 0 Å². The predicted octanol–water partition coefficient (Wildman–Crippen LogP) is 3.55. The first-order valence-electron chi connectivity index (χ1n) is 9.30. The molecule has 0 spiro atoms. The molecule has 1 fully saturated rings. The van der Waals surface area contributed by atoms with Gasteiger partial charge in [-0.25, -0.2) is 15.0 Å². The second-order valence-corrected chi connectivity index (χ2v) is 8.66. The van der Waals surface area contributed by atoms with Crippen LogP contribution < -0.4 is 16.0 Å². The van der Waals surface area contributed by atoms with Gasteiger partial charge in [-0.1, -0.05) is 0 Å². The molecule has 0 saturated carbocycles. The van der Waals surface area contributed by atoms with Gasteiger partial charge in [0.15, 0.2) is 0 Å². The monoisotopic (exact) mass is 385 g/mol. The van der Waals surface area contributed by atoms with Crippen LogP contribution in [0.3, 0.4) is 0 Å². The van der Waals surface area contributed by atoms with Crippen molar-refractivity contribution in [3.8, 4) is 0 Å². The number of pyridine rings is 1. The van der Waals surface area contributed by atoms with Crippen LogP contribution in [0, 0.1) is 17.0 Å². The number of piperidine rings is 1. The van der Waals surface area contributed by atoms with Crippen LogP contribution >= 0.6 is 0 Å². The quantitative estimate of drug-likeness (QED) is 0.528. The highest BCUT2D eigenvalue weighted by Gasteiger charge is 2.38. The smallest absolute Gasteiger partial charge is 0.353 e. The molecule has 3 heterocycles. The minimum Gasteiger partial charge on any atom is -0.361 e. The van der Waals surface area contributed by atoms with Crippen molar-refractivity contribution in [2.45, 2.75) is 64.6 Å². The van der Waals surface area contributed by atoms with Crippen LogP contribution in [0.15, 0.2) is 24.7 Å². The first-order valence-corrected chi connectivity index (χ1v) is 9.30. The molecule has 0 aliphatic carbocycles.